The minimum atomic E-state index is -0.506. The van der Waals surface area contributed by atoms with Gasteiger partial charge in [0.2, 0.25) is 0 Å². The molecule has 0 fully saturated rings. The molecule has 37 heavy (non-hydrogen) atoms. The van der Waals surface area contributed by atoms with Crippen LogP contribution in [0.3, 0.4) is 0 Å². The molecule has 0 atom stereocenters. The molecule has 0 spiro atoms. The summed E-state index contributed by atoms with van der Waals surface area (Å²) in [6.45, 7) is -0.194. The number of methoxy groups -OCH3 is 1. The van der Waals surface area contributed by atoms with Crippen molar-refractivity contribution < 1.29 is 14.3 Å². The second kappa shape index (κ2) is 9.89. The number of allylic oxidation sites excluding steroid dienone is 1. The SMILES string of the molecule is COc1ccc(/C=C2\CCCc3c2nc2ccccc2c3C(=O)OCc2cc(=O)n(C)c(=O)n2C)cc1. The Morgan fingerprint density at radius 1 is 1.03 bits per heavy atom. The first-order chi connectivity index (χ1) is 17.9. The molecule has 4 aromatic rings. The molecule has 0 bridgehead atoms. The first-order valence-corrected chi connectivity index (χ1v) is 12.1. The second-order valence-corrected chi connectivity index (χ2v) is 9.08. The van der Waals surface area contributed by atoms with Crippen molar-refractivity contribution in [1.29, 1.82) is 0 Å². The largest absolute Gasteiger partial charge is 0.497 e. The minimum Gasteiger partial charge on any atom is -0.497 e. The summed E-state index contributed by atoms with van der Waals surface area (Å²) in [6, 6.07) is 16.6. The molecular formula is C29H27N3O5. The fourth-order valence-electron chi connectivity index (χ4n) is 4.74. The quantitative estimate of drug-likeness (QED) is 0.389. The molecule has 1 aliphatic rings. The smallest absolute Gasteiger partial charge is 0.339 e. The molecule has 5 rings (SSSR count). The van der Waals surface area contributed by atoms with Gasteiger partial charge in [0.15, 0.2) is 0 Å². The first-order valence-electron chi connectivity index (χ1n) is 12.1. The number of fused-ring (bicyclic) bond motifs is 2. The van der Waals surface area contributed by atoms with Crippen LogP contribution < -0.4 is 16.0 Å². The number of para-hydroxylation sites is 1. The lowest BCUT2D eigenvalue weighted by molar-refractivity contribution is 0.0463. The molecule has 2 heterocycles. The van der Waals surface area contributed by atoms with Crippen molar-refractivity contribution in [2.24, 2.45) is 14.1 Å². The number of hydrogen-bond acceptors (Lipinski definition) is 6. The van der Waals surface area contributed by atoms with Crippen molar-refractivity contribution in [2.45, 2.75) is 25.9 Å². The normalized spacial score (nSPS) is 14.0. The predicted molar refractivity (Wildman–Crippen MR) is 142 cm³/mol. The Balaban J connectivity index is 1.56. The number of nitrogens with zero attached hydrogens (tertiary/aromatic N) is 3. The monoisotopic (exact) mass is 497 g/mol. The van der Waals surface area contributed by atoms with Crippen molar-refractivity contribution >= 4 is 28.5 Å². The highest BCUT2D eigenvalue weighted by molar-refractivity contribution is 6.06. The van der Waals surface area contributed by atoms with Gasteiger partial charge in [-0.05, 0) is 60.2 Å². The van der Waals surface area contributed by atoms with E-state index in [0.29, 0.717) is 23.2 Å². The summed E-state index contributed by atoms with van der Waals surface area (Å²) in [5.41, 5.74) is 4.32. The van der Waals surface area contributed by atoms with Gasteiger partial charge in [-0.2, -0.15) is 0 Å². The summed E-state index contributed by atoms with van der Waals surface area (Å²) in [5.74, 6) is 0.280. The highest BCUT2D eigenvalue weighted by Crippen LogP contribution is 2.36. The second-order valence-electron chi connectivity index (χ2n) is 9.08. The van der Waals surface area contributed by atoms with Crippen LogP contribution in [0, 0.1) is 0 Å². The zero-order chi connectivity index (χ0) is 26.1. The number of carbonyl (C=O) groups excluding carboxylic acids is 1. The third-order valence-electron chi connectivity index (χ3n) is 6.81. The molecule has 1 aliphatic carbocycles. The number of ether oxygens (including phenoxy) is 2. The fourth-order valence-corrected chi connectivity index (χ4v) is 4.74. The maximum Gasteiger partial charge on any atom is 0.339 e. The van der Waals surface area contributed by atoms with E-state index < -0.39 is 17.2 Å². The molecule has 2 aromatic heterocycles. The summed E-state index contributed by atoms with van der Waals surface area (Å²) in [7, 11) is 4.59. The zero-order valence-corrected chi connectivity index (χ0v) is 21.0. The van der Waals surface area contributed by atoms with Gasteiger partial charge < -0.3 is 9.47 Å². The molecule has 8 heteroatoms. The lowest BCUT2D eigenvalue weighted by Crippen LogP contribution is -2.38. The van der Waals surface area contributed by atoms with Gasteiger partial charge in [0.1, 0.15) is 12.4 Å². The average molecular weight is 498 g/mol. The summed E-state index contributed by atoms with van der Waals surface area (Å²) >= 11 is 0. The number of hydrogen-bond donors (Lipinski definition) is 0. The van der Waals surface area contributed by atoms with E-state index in [9.17, 15) is 14.4 Å². The molecule has 0 N–H and O–H groups in total. The minimum absolute atomic E-state index is 0.194. The van der Waals surface area contributed by atoms with Crippen LogP contribution in [0.1, 0.15) is 45.7 Å². The van der Waals surface area contributed by atoms with Crippen molar-refractivity contribution in [1.82, 2.24) is 14.1 Å². The molecule has 0 saturated heterocycles. The van der Waals surface area contributed by atoms with E-state index in [1.165, 1.54) is 17.7 Å². The summed E-state index contributed by atoms with van der Waals surface area (Å²) in [6.07, 6.45) is 4.51. The Labute approximate surface area is 213 Å². The van der Waals surface area contributed by atoms with Crippen LogP contribution in [0.4, 0.5) is 0 Å². The number of esters is 1. The summed E-state index contributed by atoms with van der Waals surface area (Å²) in [5, 5.41) is 0.717. The van der Waals surface area contributed by atoms with Crippen molar-refractivity contribution in [3.05, 3.63) is 104 Å². The molecule has 0 aliphatic heterocycles. The van der Waals surface area contributed by atoms with E-state index >= 15 is 0 Å². The fraction of sp³-hybridized carbons (Fsp3) is 0.241. The van der Waals surface area contributed by atoms with Gasteiger partial charge >= 0.3 is 11.7 Å². The zero-order valence-electron chi connectivity index (χ0n) is 21.0. The summed E-state index contributed by atoms with van der Waals surface area (Å²) in [4.78, 5) is 42.9. The van der Waals surface area contributed by atoms with Crippen LogP contribution >= 0.6 is 0 Å². The average Bonchev–Trinajstić information content (AvgIpc) is 2.92. The van der Waals surface area contributed by atoms with Gasteiger partial charge in [0.25, 0.3) is 5.56 Å². The molecule has 0 saturated carbocycles. The van der Waals surface area contributed by atoms with Gasteiger partial charge in [-0.25, -0.2) is 14.6 Å². The Bertz CT molecular complexity index is 1660. The van der Waals surface area contributed by atoms with Gasteiger partial charge in [0, 0.05) is 25.5 Å². The van der Waals surface area contributed by atoms with E-state index in [-0.39, 0.29) is 6.61 Å². The van der Waals surface area contributed by atoms with E-state index in [4.69, 9.17) is 14.5 Å². The van der Waals surface area contributed by atoms with Crippen molar-refractivity contribution in [3.8, 4) is 5.75 Å². The van der Waals surface area contributed by atoms with E-state index in [0.717, 1.165) is 50.9 Å². The Kier molecular flexibility index (Phi) is 6.48. The van der Waals surface area contributed by atoms with Gasteiger partial charge in [-0.15, -0.1) is 0 Å². The van der Waals surface area contributed by atoms with Crippen LogP contribution in [0.25, 0.3) is 22.6 Å². The van der Waals surface area contributed by atoms with Crippen LogP contribution in [-0.4, -0.2) is 27.2 Å². The van der Waals surface area contributed by atoms with E-state index in [1.807, 2.05) is 48.5 Å². The number of pyridine rings is 1. The van der Waals surface area contributed by atoms with Crippen LogP contribution in [0.5, 0.6) is 5.75 Å². The lowest BCUT2D eigenvalue weighted by atomic mass is 9.86. The Morgan fingerprint density at radius 3 is 2.54 bits per heavy atom. The van der Waals surface area contributed by atoms with Crippen LogP contribution in [0.2, 0.25) is 0 Å². The Hall–Kier alpha value is -4.46. The van der Waals surface area contributed by atoms with Crippen molar-refractivity contribution in [2.75, 3.05) is 7.11 Å². The first kappa shape index (κ1) is 24.2. The topological polar surface area (TPSA) is 92.4 Å². The maximum atomic E-state index is 13.5. The third kappa shape index (κ3) is 4.58. The third-order valence-corrected chi connectivity index (χ3v) is 6.81. The molecule has 0 unspecified atom stereocenters. The highest BCUT2D eigenvalue weighted by atomic mass is 16.5. The van der Waals surface area contributed by atoms with E-state index in [1.54, 1.807) is 14.2 Å². The van der Waals surface area contributed by atoms with Gasteiger partial charge in [-0.3, -0.25) is 13.9 Å². The predicted octanol–water partition coefficient (Wildman–Crippen LogP) is 3.87. The molecule has 0 radical (unpaired) electrons. The molecular weight excluding hydrogens is 470 g/mol. The van der Waals surface area contributed by atoms with Gasteiger partial charge in [-0.1, -0.05) is 30.3 Å². The van der Waals surface area contributed by atoms with Crippen LogP contribution in [-0.2, 0) is 31.9 Å². The highest BCUT2D eigenvalue weighted by Gasteiger charge is 2.26. The molecule has 0 amide bonds. The number of carbonyl (C=O) groups is 1. The van der Waals surface area contributed by atoms with Crippen LogP contribution in [0.15, 0.2) is 64.2 Å². The molecule has 188 valence electrons. The standard InChI is InChI=1S/C29H27N3O5/c1-31-20(16-25(33)32(2)29(31)35)17-37-28(34)26-22-8-4-5-10-24(22)30-27-19(7-6-9-23(26)27)15-18-11-13-21(36-3)14-12-18/h4-5,8,10-16H,6-7,9,17H2,1-3H3/b19-15+. The maximum absolute atomic E-state index is 13.5. The number of rotatable bonds is 5. The summed E-state index contributed by atoms with van der Waals surface area (Å²) < 4.78 is 13.3. The lowest BCUT2D eigenvalue weighted by Gasteiger charge is -2.22. The number of aromatic nitrogens is 3. The Morgan fingerprint density at radius 2 is 1.78 bits per heavy atom. The molecule has 8 nitrogen and oxygen atoms in total. The molecule has 2 aromatic carbocycles. The van der Waals surface area contributed by atoms with E-state index in [2.05, 4.69) is 6.08 Å². The van der Waals surface area contributed by atoms with Gasteiger partial charge in [0.05, 0.1) is 29.6 Å². The van der Waals surface area contributed by atoms with Crippen molar-refractivity contribution in [3.63, 3.8) is 0 Å². The number of benzene rings is 2.